The molecule has 0 aromatic heterocycles. The van der Waals surface area contributed by atoms with Crippen LogP contribution in [0.1, 0.15) is 31.2 Å². The number of aliphatic hydroxyl groups excluding tert-OH is 1. The topological polar surface area (TPSA) is 40.5 Å². The number of aliphatic hydroxyl groups is 1. The van der Waals surface area contributed by atoms with Crippen LogP contribution in [-0.4, -0.2) is 35.1 Å². The summed E-state index contributed by atoms with van der Waals surface area (Å²) in [6, 6.07) is 8.11. The second-order valence-corrected chi connectivity index (χ2v) is 5.61. The molecule has 1 aliphatic carbocycles. The minimum atomic E-state index is 0.144. The Hall–Kier alpha value is -1.00. The standard InChI is InChI=1S/C15H21NO2S/c17-10-2-9-16(13-3-1-4-13)15(18)11-12-5-7-14(19)8-6-12/h5-8,13,17,19H,1-4,9-11H2. The highest BCUT2D eigenvalue weighted by Crippen LogP contribution is 2.25. The Kier molecular flexibility index (Phi) is 5.28. The number of carbonyl (C=O) groups excluding carboxylic acids is 1. The van der Waals surface area contributed by atoms with E-state index in [1.54, 1.807) is 0 Å². The first-order valence-electron chi connectivity index (χ1n) is 6.89. The van der Waals surface area contributed by atoms with Gasteiger partial charge in [0.1, 0.15) is 0 Å². The fourth-order valence-electron chi connectivity index (χ4n) is 2.34. The fourth-order valence-corrected chi connectivity index (χ4v) is 2.49. The molecule has 19 heavy (non-hydrogen) atoms. The lowest BCUT2D eigenvalue weighted by molar-refractivity contribution is -0.134. The second-order valence-electron chi connectivity index (χ2n) is 5.09. The van der Waals surface area contributed by atoms with Crippen LogP contribution in [0.25, 0.3) is 0 Å². The Bertz CT molecular complexity index is 415. The van der Waals surface area contributed by atoms with E-state index in [4.69, 9.17) is 5.11 Å². The smallest absolute Gasteiger partial charge is 0.227 e. The molecule has 0 heterocycles. The molecule has 0 radical (unpaired) electrons. The number of nitrogens with zero attached hydrogens (tertiary/aromatic N) is 1. The lowest BCUT2D eigenvalue weighted by Crippen LogP contribution is -2.45. The van der Waals surface area contributed by atoms with E-state index < -0.39 is 0 Å². The molecule has 1 N–H and O–H groups in total. The van der Waals surface area contributed by atoms with Crippen LogP contribution >= 0.6 is 12.6 Å². The van der Waals surface area contributed by atoms with Crippen molar-refractivity contribution in [1.29, 1.82) is 0 Å². The van der Waals surface area contributed by atoms with Gasteiger partial charge in [0, 0.05) is 24.1 Å². The van der Waals surface area contributed by atoms with Crippen molar-refractivity contribution in [2.45, 2.75) is 43.0 Å². The SMILES string of the molecule is O=C(Cc1ccc(S)cc1)N(CCCO)C1CCC1. The van der Waals surface area contributed by atoms with Crippen molar-refractivity contribution in [1.82, 2.24) is 4.90 Å². The van der Waals surface area contributed by atoms with E-state index in [0.29, 0.717) is 25.4 Å². The van der Waals surface area contributed by atoms with Gasteiger partial charge in [0.15, 0.2) is 0 Å². The molecule has 1 aromatic carbocycles. The van der Waals surface area contributed by atoms with Crippen LogP contribution in [-0.2, 0) is 11.2 Å². The van der Waals surface area contributed by atoms with Gasteiger partial charge in [-0.1, -0.05) is 12.1 Å². The fraction of sp³-hybridized carbons (Fsp3) is 0.533. The predicted molar refractivity (Wildman–Crippen MR) is 78.5 cm³/mol. The summed E-state index contributed by atoms with van der Waals surface area (Å²) in [6.45, 7) is 0.815. The Morgan fingerprint density at radius 3 is 2.53 bits per heavy atom. The monoisotopic (exact) mass is 279 g/mol. The first-order chi connectivity index (χ1) is 9.20. The highest BCUT2D eigenvalue weighted by Gasteiger charge is 2.28. The number of hydrogen-bond acceptors (Lipinski definition) is 3. The van der Waals surface area contributed by atoms with E-state index in [2.05, 4.69) is 12.6 Å². The zero-order valence-corrected chi connectivity index (χ0v) is 12.0. The summed E-state index contributed by atoms with van der Waals surface area (Å²) in [5.41, 5.74) is 1.02. The Morgan fingerprint density at radius 2 is 2.00 bits per heavy atom. The van der Waals surface area contributed by atoms with Crippen LogP contribution in [0.5, 0.6) is 0 Å². The van der Waals surface area contributed by atoms with E-state index in [1.807, 2.05) is 29.2 Å². The van der Waals surface area contributed by atoms with Crippen molar-refractivity contribution in [3.05, 3.63) is 29.8 Å². The third kappa shape index (κ3) is 3.98. The summed E-state index contributed by atoms with van der Waals surface area (Å²) in [4.78, 5) is 15.2. The summed E-state index contributed by atoms with van der Waals surface area (Å²) < 4.78 is 0. The Balaban J connectivity index is 1.96. The van der Waals surface area contributed by atoms with Crippen LogP contribution in [0.4, 0.5) is 0 Å². The molecule has 1 fully saturated rings. The zero-order valence-electron chi connectivity index (χ0n) is 11.1. The summed E-state index contributed by atoms with van der Waals surface area (Å²) in [5.74, 6) is 0.171. The van der Waals surface area contributed by atoms with Crippen LogP contribution in [0.15, 0.2) is 29.2 Å². The maximum Gasteiger partial charge on any atom is 0.227 e. The van der Waals surface area contributed by atoms with E-state index in [9.17, 15) is 4.79 Å². The van der Waals surface area contributed by atoms with Gasteiger partial charge in [0.25, 0.3) is 0 Å². The van der Waals surface area contributed by atoms with Crippen molar-refractivity contribution in [2.75, 3.05) is 13.2 Å². The van der Waals surface area contributed by atoms with Gasteiger partial charge < -0.3 is 10.0 Å². The summed E-state index contributed by atoms with van der Waals surface area (Å²) in [5, 5.41) is 8.94. The van der Waals surface area contributed by atoms with Crippen LogP contribution in [0.3, 0.4) is 0 Å². The van der Waals surface area contributed by atoms with Crippen LogP contribution < -0.4 is 0 Å². The molecule has 0 atom stereocenters. The van der Waals surface area contributed by atoms with Gasteiger partial charge in [-0.25, -0.2) is 0 Å². The minimum Gasteiger partial charge on any atom is -0.396 e. The van der Waals surface area contributed by atoms with Gasteiger partial charge in [0.2, 0.25) is 5.91 Å². The summed E-state index contributed by atoms with van der Waals surface area (Å²) in [7, 11) is 0. The first kappa shape index (κ1) is 14.4. The Labute approximate surface area is 120 Å². The molecular formula is C15H21NO2S. The van der Waals surface area contributed by atoms with Gasteiger partial charge in [-0.3, -0.25) is 4.79 Å². The molecule has 1 aliphatic rings. The maximum absolute atomic E-state index is 12.4. The zero-order chi connectivity index (χ0) is 13.7. The number of carbonyl (C=O) groups is 1. The number of hydrogen-bond donors (Lipinski definition) is 2. The van der Waals surface area contributed by atoms with Gasteiger partial charge >= 0.3 is 0 Å². The molecule has 0 bridgehead atoms. The molecule has 1 aromatic rings. The van der Waals surface area contributed by atoms with E-state index in [-0.39, 0.29) is 12.5 Å². The number of thiol groups is 1. The highest BCUT2D eigenvalue weighted by molar-refractivity contribution is 7.80. The van der Waals surface area contributed by atoms with Crippen LogP contribution in [0.2, 0.25) is 0 Å². The Morgan fingerprint density at radius 1 is 1.32 bits per heavy atom. The van der Waals surface area contributed by atoms with Crippen LogP contribution in [0, 0.1) is 0 Å². The number of rotatable bonds is 6. The highest BCUT2D eigenvalue weighted by atomic mass is 32.1. The summed E-state index contributed by atoms with van der Waals surface area (Å²) >= 11 is 4.24. The lowest BCUT2D eigenvalue weighted by atomic mass is 9.91. The average Bonchev–Trinajstić information content (AvgIpc) is 2.34. The van der Waals surface area contributed by atoms with E-state index in [1.165, 1.54) is 6.42 Å². The molecule has 0 unspecified atom stereocenters. The third-order valence-electron chi connectivity index (χ3n) is 3.68. The van der Waals surface area contributed by atoms with Crippen molar-refractivity contribution < 1.29 is 9.90 Å². The average molecular weight is 279 g/mol. The van der Waals surface area contributed by atoms with E-state index in [0.717, 1.165) is 23.3 Å². The molecule has 1 saturated carbocycles. The molecule has 0 aliphatic heterocycles. The first-order valence-corrected chi connectivity index (χ1v) is 7.33. The molecule has 3 nitrogen and oxygen atoms in total. The molecular weight excluding hydrogens is 258 g/mol. The molecule has 0 saturated heterocycles. The van der Waals surface area contributed by atoms with Gasteiger partial charge in [-0.15, -0.1) is 12.6 Å². The normalized spacial score (nSPS) is 15.1. The quantitative estimate of drug-likeness (QED) is 0.784. The predicted octanol–water partition coefficient (Wildman–Crippen LogP) is 2.28. The largest absolute Gasteiger partial charge is 0.396 e. The van der Waals surface area contributed by atoms with Gasteiger partial charge in [0.05, 0.1) is 6.42 Å². The molecule has 0 spiro atoms. The third-order valence-corrected chi connectivity index (χ3v) is 3.98. The van der Waals surface area contributed by atoms with Crippen molar-refractivity contribution >= 4 is 18.5 Å². The van der Waals surface area contributed by atoms with Crippen molar-refractivity contribution in [3.8, 4) is 0 Å². The van der Waals surface area contributed by atoms with E-state index >= 15 is 0 Å². The second kappa shape index (κ2) is 6.96. The van der Waals surface area contributed by atoms with Gasteiger partial charge in [-0.2, -0.15) is 0 Å². The van der Waals surface area contributed by atoms with Crippen molar-refractivity contribution in [2.24, 2.45) is 0 Å². The molecule has 1 amide bonds. The maximum atomic E-state index is 12.4. The van der Waals surface area contributed by atoms with Crippen molar-refractivity contribution in [3.63, 3.8) is 0 Å². The molecule has 4 heteroatoms. The summed E-state index contributed by atoms with van der Waals surface area (Å²) in [6.07, 6.45) is 4.52. The van der Waals surface area contributed by atoms with Gasteiger partial charge in [-0.05, 0) is 43.4 Å². The number of amides is 1. The minimum absolute atomic E-state index is 0.144. The molecule has 104 valence electrons. The number of benzene rings is 1. The molecule has 2 rings (SSSR count). The lowest BCUT2D eigenvalue weighted by Gasteiger charge is -2.37.